The lowest BCUT2D eigenvalue weighted by molar-refractivity contribution is 0.0953. The first-order chi connectivity index (χ1) is 9.22. The lowest BCUT2D eigenvalue weighted by Crippen LogP contribution is -2.46. The second-order valence-corrected chi connectivity index (χ2v) is 4.80. The molecule has 0 aromatic heterocycles. The van der Waals surface area contributed by atoms with Crippen molar-refractivity contribution in [3.63, 3.8) is 0 Å². The lowest BCUT2D eigenvalue weighted by atomic mass is 9.92. The van der Waals surface area contributed by atoms with E-state index < -0.39 is 6.09 Å². The van der Waals surface area contributed by atoms with Crippen LogP contribution in [0.25, 0.3) is 0 Å². The molecule has 0 spiro atoms. The molecule has 1 aromatic rings. The van der Waals surface area contributed by atoms with E-state index >= 15 is 0 Å². The van der Waals surface area contributed by atoms with Crippen LogP contribution in [0.5, 0.6) is 0 Å². The molecule has 1 fully saturated rings. The average molecular weight is 264 g/mol. The fourth-order valence-corrected chi connectivity index (χ4v) is 2.64. The monoisotopic (exact) mass is 264 g/mol. The summed E-state index contributed by atoms with van der Waals surface area (Å²) in [5.41, 5.74) is 1.03. The molecule has 0 saturated carbocycles. The number of rotatable bonds is 4. The molecule has 1 heterocycles. The van der Waals surface area contributed by atoms with Gasteiger partial charge in [0.1, 0.15) is 0 Å². The van der Waals surface area contributed by atoms with Gasteiger partial charge < -0.3 is 20.4 Å². The van der Waals surface area contributed by atoms with Crippen molar-refractivity contribution < 1.29 is 15.0 Å². The number of piperidine rings is 1. The number of likely N-dealkylation sites (tertiary alicyclic amines) is 1. The zero-order chi connectivity index (χ0) is 13.7. The van der Waals surface area contributed by atoms with Crippen molar-refractivity contribution in [1.29, 1.82) is 0 Å². The van der Waals surface area contributed by atoms with E-state index in [9.17, 15) is 9.90 Å². The minimum atomic E-state index is -0.866. The Morgan fingerprint density at radius 1 is 1.37 bits per heavy atom. The van der Waals surface area contributed by atoms with E-state index in [1.165, 1.54) is 4.90 Å². The number of aliphatic hydroxyl groups is 1. The highest BCUT2D eigenvalue weighted by Gasteiger charge is 2.32. The summed E-state index contributed by atoms with van der Waals surface area (Å²) in [4.78, 5) is 12.8. The van der Waals surface area contributed by atoms with Gasteiger partial charge in [-0.05, 0) is 18.4 Å². The SMILES string of the molecule is O=C(O)N1CCC(NCCO)C[C@H]1c1ccccc1. The molecule has 3 N–H and O–H groups in total. The highest BCUT2D eigenvalue weighted by atomic mass is 16.4. The quantitative estimate of drug-likeness (QED) is 0.769. The van der Waals surface area contributed by atoms with E-state index in [2.05, 4.69) is 5.32 Å². The van der Waals surface area contributed by atoms with Crippen molar-refractivity contribution in [3.05, 3.63) is 35.9 Å². The number of carboxylic acid groups (broad SMARTS) is 1. The third kappa shape index (κ3) is 3.45. The highest BCUT2D eigenvalue weighted by molar-refractivity contribution is 5.66. The van der Waals surface area contributed by atoms with Gasteiger partial charge in [0.2, 0.25) is 0 Å². The number of amides is 1. The minimum absolute atomic E-state index is 0.106. The predicted molar refractivity (Wildman–Crippen MR) is 72.0 cm³/mol. The van der Waals surface area contributed by atoms with E-state index in [4.69, 9.17) is 5.11 Å². The van der Waals surface area contributed by atoms with Gasteiger partial charge in [-0.1, -0.05) is 30.3 Å². The first kappa shape index (κ1) is 13.8. The molecular weight excluding hydrogens is 244 g/mol. The van der Waals surface area contributed by atoms with Crippen molar-refractivity contribution in [2.45, 2.75) is 24.9 Å². The topological polar surface area (TPSA) is 72.8 Å². The Hall–Kier alpha value is -1.59. The van der Waals surface area contributed by atoms with Gasteiger partial charge in [0.25, 0.3) is 0 Å². The number of aliphatic hydroxyl groups excluding tert-OH is 1. The van der Waals surface area contributed by atoms with Crippen LogP contribution in [0, 0.1) is 0 Å². The van der Waals surface area contributed by atoms with Crippen molar-refractivity contribution in [1.82, 2.24) is 10.2 Å². The highest BCUT2D eigenvalue weighted by Crippen LogP contribution is 2.30. The molecule has 1 amide bonds. The number of nitrogens with one attached hydrogen (secondary N) is 1. The summed E-state index contributed by atoms with van der Waals surface area (Å²) in [6, 6.07) is 9.88. The van der Waals surface area contributed by atoms with E-state index in [-0.39, 0.29) is 18.7 Å². The summed E-state index contributed by atoms with van der Waals surface area (Å²) < 4.78 is 0. The number of benzene rings is 1. The fourth-order valence-electron chi connectivity index (χ4n) is 2.64. The maximum absolute atomic E-state index is 11.3. The van der Waals surface area contributed by atoms with Gasteiger partial charge in [-0.2, -0.15) is 0 Å². The lowest BCUT2D eigenvalue weighted by Gasteiger charge is -2.38. The van der Waals surface area contributed by atoms with Gasteiger partial charge in [0, 0.05) is 19.1 Å². The smallest absolute Gasteiger partial charge is 0.407 e. The largest absolute Gasteiger partial charge is 0.465 e. The third-order valence-corrected chi connectivity index (χ3v) is 3.58. The normalized spacial score (nSPS) is 23.3. The average Bonchev–Trinajstić information content (AvgIpc) is 2.45. The Balaban J connectivity index is 2.11. The third-order valence-electron chi connectivity index (χ3n) is 3.58. The number of carbonyl (C=O) groups is 1. The first-order valence-corrected chi connectivity index (χ1v) is 6.61. The molecule has 2 rings (SSSR count). The van der Waals surface area contributed by atoms with Crippen molar-refractivity contribution >= 4 is 6.09 Å². The number of nitrogens with zero attached hydrogens (tertiary/aromatic N) is 1. The molecule has 5 heteroatoms. The van der Waals surface area contributed by atoms with E-state index in [0.717, 1.165) is 18.4 Å². The Morgan fingerprint density at radius 3 is 2.74 bits per heavy atom. The van der Waals surface area contributed by atoms with Crippen LogP contribution < -0.4 is 5.32 Å². The van der Waals surface area contributed by atoms with E-state index in [1.807, 2.05) is 30.3 Å². The van der Waals surface area contributed by atoms with Crippen LogP contribution in [0.15, 0.2) is 30.3 Å². The van der Waals surface area contributed by atoms with Gasteiger partial charge in [-0.25, -0.2) is 4.79 Å². The molecule has 19 heavy (non-hydrogen) atoms. The van der Waals surface area contributed by atoms with Gasteiger partial charge in [-0.15, -0.1) is 0 Å². The first-order valence-electron chi connectivity index (χ1n) is 6.61. The second kappa shape index (κ2) is 6.54. The minimum Gasteiger partial charge on any atom is -0.465 e. The summed E-state index contributed by atoms with van der Waals surface area (Å²) in [7, 11) is 0. The molecule has 0 radical (unpaired) electrons. The van der Waals surface area contributed by atoms with Crippen LogP contribution in [0.4, 0.5) is 4.79 Å². The van der Waals surface area contributed by atoms with Crippen molar-refractivity contribution in [2.24, 2.45) is 0 Å². The molecule has 1 aromatic carbocycles. The molecule has 0 bridgehead atoms. The van der Waals surface area contributed by atoms with Crippen molar-refractivity contribution in [2.75, 3.05) is 19.7 Å². The van der Waals surface area contributed by atoms with E-state index in [1.54, 1.807) is 0 Å². The molecule has 5 nitrogen and oxygen atoms in total. The summed E-state index contributed by atoms with van der Waals surface area (Å²) >= 11 is 0. The Kier molecular flexibility index (Phi) is 4.76. The number of hydrogen-bond acceptors (Lipinski definition) is 3. The Morgan fingerprint density at radius 2 is 2.11 bits per heavy atom. The maximum atomic E-state index is 11.3. The molecule has 1 unspecified atom stereocenters. The Labute approximate surface area is 112 Å². The van der Waals surface area contributed by atoms with Crippen LogP contribution in [-0.4, -0.2) is 46.9 Å². The Bertz CT molecular complexity index is 410. The summed E-state index contributed by atoms with van der Waals surface area (Å²) in [5, 5.41) is 21.4. The molecule has 1 saturated heterocycles. The van der Waals surface area contributed by atoms with Crippen LogP contribution in [0.3, 0.4) is 0 Å². The summed E-state index contributed by atoms with van der Waals surface area (Å²) in [6.45, 7) is 1.19. The maximum Gasteiger partial charge on any atom is 0.407 e. The molecule has 1 aliphatic heterocycles. The van der Waals surface area contributed by atoms with E-state index in [0.29, 0.717) is 13.1 Å². The van der Waals surface area contributed by atoms with Crippen molar-refractivity contribution in [3.8, 4) is 0 Å². The molecule has 1 aliphatic rings. The fraction of sp³-hybridized carbons (Fsp3) is 0.500. The second-order valence-electron chi connectivity index (χ2n) is 4.80. The molecule has 104 valence electrons. The van der Waals surface area contributed by atoms with Gasteiger partial charge in [-0.3, -0.25) is 0 Å². The zero-order valence-electron chi connectivity index (χ0n) is 10.8. The number of hydrogen-bond donors (Lipinski definition) is 3. The standard InChI is InChI=1S/C14H20N2O3/c17-9-7-15-12-6-8-16(14(18)19)13(10-12)11-4-2-1-3-5-11/h1-5,12-13,15,17H,6-10H2,(H,18,19)/t12?,13-/m0/s1. The van der Waals surface area contributed by atoms with Crippen LogP contribution in [0.1, 0.15) is 24.4 Å². The van der Waals surface area contributed by atoms with Crippen LogP contribution in [-0.2, 0) is 0 Å². The predicted octanol–water partition coefficient (Wildman–Crippen LogP) is 1.45. The van der Waals surface area contributed by atoms with Crippen LogP contribution >= 0.6 is 0 Å². The summed E-state index contributed by atoms with van der Waals surface area (Å²) in [5.74, 6) is 0. The molecule has 2 atom stereocenters. The van der Waals surface area contributed by atoms with Gasteiger partial charge >= 0.3 is 6.09 Å². The summed E-state index contributed by atoms with van der Waals surface area (Å²) in [6.07, 6.45) is 0.667. The molecular formula is C14H20N2O3. The van der Waals surface area contributed by atoms with Crippen LogP contribution in [0.2, 0.25) is 0 Å². The molecule has 0 aliphatic carbocycles. The zero-order valence-corrected chi connectivity index (χ0v) is 10.8. The van der Waals surface area contributed by atoms with Gasteiger partial charge in [0.05, 0.1) is 12.6 Å². The van der Waals surface area contributed by atoms with Gasteiger partial charge in [0.15, 0.2) is 0 Å².